The maximum Gasteiger partial charge on any atom is 0.149 e. The van der Waals surface area contributed by atoms with Gasteiger partial charge < -0.3 is 19.1 Å². The molecule has 1 heterocycles. The zero-order valence-corrected chi connectivity index (χ0v) is 48.4. The average molecular weight is 904 g/mol. The minimum atomic E-state index is -0.843. The van der Waals surface area contributed by atoms with Crippen LogP contribution in [-0.2, 0) is 23.8 Å². The van der Waals surface area contributed by atoms with E-state index in [9.17, 15) is 9.59 Å². The first-order chi connectivity index (χ1) is 28.2. The second kappa shape index (κ2) is 41.8. The van der Waals surface area contributed by atoms with Crippen LogP contribution in [0, 0.1) is 47.3 Å². The summed E-state index contributed by atoms with van der Waals surface area (Å²) in [6, 6.07) is 4.24. The number of hydrogen-bond acceptors (Lipinski definition) is 7. The van der Waals surface area contributed by atoms with Crippen molar-refractivity contribution in [1.82, 2.24) is 9.80 Å². The summed E-state index contributed by atoms with van der Waals surface area (Å²) in [7, 11) is 1.13. The Morgan fingerprint density at radius 1 is 0.565 bits per heavy atom. The number of nitrogens with zero attached hydrogens (tertiary/aromatic N) is 2. The molecule has 1 unspecified atom stereocenters. The van der Waals surface area contributed by atoms with Gasteiger partial charge in [-0.05, 0) is 136 Å². The molecule has 1 fully saturated rings. The topological polar surface area (TPSA) is 68.3 Å². The second-order valence-electron chi connectivity index (χ2n) is 22.6. The Morgan fingerprint density at radius 3 is 1.18 bits per heavy atom. The van der Waals surface area contributed by atoms with Gasteiger partial charge in [0.1, 0.15) is 11.6 Å². The first-order valence-electron chi connectivity index (χ1n) is 25.5. The van der Waals surface area contributed by atoms with Crippen LogP contribution in [-0.4, -0.2) is 107 Å². The van der Waals surface area contributed by atoms with Crippen molar-refractivity contribution in [2.75, 3.05) is 53.1 Å². The monoisotopic (exact) mass is 903 g/mol. The molecule has 62 heavy (non-hydrogen) atoms. The van der Waals surface area contributed by atoms with Crippen LogP contribution in [0.1, 0.15) is 192 Å². The molecule has 0 bridgehead atoms. The van der Waals surface area contributed by atoms with E-state index in [1.165, 1.54) is 38.0 Å². The van der Waals surface area contributed by atoms with E-state index in [4.69, 9.17) is 14.2 Å². The fourth-order valence-electron chi connectivity index (χ4n) is 5.15. The second-order valence-corrected chi connectivity index (χ2v) is 28.1. The van der Waals surface area contributed by atoms with Crippen molar-refractivity contribution in [3.63, 3.8) is 0 Å². The van der Waals surface area contributed by atoms with Crippen LogP contribution in [0.2, 0.25) is 24.2 Å². The van der Waals surface area contributed by atoms with Gasteiger partial charge in [0.2, 0.25) is 0 Å². The van der Waals surface area contributed by atoms with Gasteiger partial charge in [0.25, 0.3) is 0 Å². The number of likely N-dealkylation sites (N-methyl/N-ethyl adjacent to an activating group) is 1. The Bertz CT molecular complexity index is 885. The van der Waals surface area contributed by atoms with Crippen molar-refractivity contribution in [3.8, 4) is 0 Å². The normalized spacial score (nSPS) is 14.6. The molecule has 1 saturated heterocycles. The molecule has 0 spiro atoms. The standard InChI is InChI=1S/C11H25NSi.C10H20O.C9H19NO.3C8H18O/c1-10(2)12-6-8-13(5,9-7-12)11(3)4;1-7(2)9(5)6-10(11)8(3)4;1-7(2)9(11)6-10(5)8(3)4;1-7(2)5-9-6-8(3)4;2*1-7(2)5-6-9-8(3)4/h10-11H,6-9H2,1-5H3;7-9H,6H2,1-5H3;7-8H,6H2,1-5H3;3*7-8H,5-6H2,1-4H3. The molecule has 0 saturated carbocycles. The maximum absolute atomic E-state index is 11.3. The van der Waals surface area contributed by atoms with Gasteiger partial charge in [0, 0.05) is 56.8 Å². The van der Waals surface area contributed by atoms with Crippen molar-refractivity contribution in [3.05, 3.63) is 0 Å². The highest BCUT2D eigenvalue weighted by Crippen LogP contribution is 2.33. The summed E-state index contributed by atoms with van der Waals surface area (Å²) in [5.74, 6) is 5.11. The van der Waals surface area contributed by atoms with Crippen LogP contribution in [0.25, 0.3) is 0 Å². The fraction of sp³-hybridized carbons (Fsp3) is 0.963. The number of Topliss-reactive ketones (excluding diaryl/α,β-unsaturated/α-hetero) is 2. The number of rotatable bonds is 22. The minimum Gasteiger partial charge on any atom is -0.381 e. The third-order valence-corrected chi connectivity index (χ3v) is 17.0. The summed E-state index contributed by atoms with van der Waals surface area (Å²) in [4.78, 5) is 27.2. The molecule has 0 aromatic carbocycles. The molecule has 0 aromatic rings. The van der Waals surface area contributed by atoms with E-state index in [0.29, 0.717) is 60.0 Å². The fourth-order valence-corrected chi connectivity index (χ4v) is 8.15. The maximum atomic E-state index is 11.3. The van der Waals surface area contributed by atoms with E-state index >= 15 is 0 Å². The Kier molecular flexibility index (Phi) is 47.4. The summed E-state index contributed by atoms with van der Waals surface area (Å²) in [5.41, 5.74) is 0.974. The van der Waals surface area contributed by atoms with E-state index in [0.717, 1.165) is 56.3 Å². The van der Waals surface area contributed by atoms with Crippen molar-refractivity contribution in [1.29, 1.82) is 0 Å². The Balaban J connectivity index is -0.000000211. The van der Waals surface area contributed by atoms with Crippen LogP contribution >= 0.6 is 0 Å². The molecular formula is C54H118N2O5Si. The molecule has 378 valence electrons. The number of hydrogen-bond donors (Lipinski definition) is 0. The lowest BCUT2D eigenvalue weighted by Crippen LogP contribution is -2.48. The first kappa shape index (κ1) is 70.4. The van der Waals surface area contributed by atoms with Gasteiger partial charge in [-0.25, -0.2) is 0 Å². The van der Waals surface area contributed by atoms with Crippen LogP contribution in [0.15, 0.2) is 0 Å². The molecule has 7 nitrogen and oxygen atoms in total. The largest absolute Gasteiger partial charge is 0.381 e. The van der Waals surface area contributed by atoms with Gasteiger partial charge in [0.05, 0.1) is 26.8 Å². The highest BCUT2D eigenvalue weighted by atomic mass is 28.3. The van der Waals surface area contributed by atoms with Crippen molar-refractivity contribution in [2.24, 2.45) is 47.3 Å². The number of carbonyl (C=O) groups excluding carboxylic acids is 2. The van der Waals surface area contributed by atoms with E-state index in [-0.39, 0.29) is 11.8 Å². The summed E-state index contributed by atoms with van der Waals surface area (Å²) in [6.45, 7) is 63.3. The van der Waals surface area contributed by atoms with E-state index in [2.05, 4.69) is 162 Å². The Labute approximate surface area is 393 Å². The Morgan fingerprint density at radius 2 is 0.935 bits per heavy atom. The van der Waals surface area contributed by atoms with Gasteiger partial charge in [-0.3, -0.25) is 14.5 Å². The molecule has 1 aliphatic rings. The molecule has 1 atom stereocenters. The SMILES string of the molecule is CC(C)C(=O)CC(C)C(C)C.CC(C)C(=O)CN(C)C(C)C.CC(C)CCOC(C)C.CC(C)CCOC(C)C.CC(C)COCC(C)C.CC(C)N1CC[Si](C)(C(C)C)CC1. The molecule has 0 aromatic heterocycles. The lowest BCUT2D eigenvalue weighted by atomic mass is 9.90. The summed E-state index contributed by atoms with van der Waals surface area (Å²) < 4.78 is 16.1. The van der Waals surface area contributed by atoms with Crippen LogP contribution in [0.4, 0.5) is 0 Å². The lowest BCUT2D eigenvalue weighted by molar-refractivity contribution is -0.123. The predicted molar refractivity (Wildman–Crippen MR) is 281 cm³/mol. The van der Waals surface area contributed by atoms with Gasteiger partial charge in [-0.15, -0.1) is 0 Å². The van der Waals surface area contributed by atoms with Crippen molar-refractivity contribution in [2.45, 2.75) is 241 Å². The molecule has 1 aliphatic heterocycles. The van der Waals surface area contributed by atoms with E-state index in [1.807, 2.05) is 34.7 Å². The number of ketones is 2. The summed E-state index contributed by atoms with van der Waals surface area (Å²) >= 11 is 0. The average Bonchev–Trinajstić information content (AvgIpc) is 3.12. The third kappa shape index (κ3) is 50.4. The molecule has 1 rings (SSSR count). The van der Waals surface area contributed by atoms with Gasteiger partial charge in [-0.1, -0.05) is 130 Å². The van der Waals surface area contributed by atoms with Gasteiger partial charge in [0.15, 0.2) is 0 Å². The first-order valence-corrected chi connectivity index (χ1v) is 28.5. The Hall–Kier alpha value is -0.643. The van der Waals surface area contributed by atoms with E-state index in [1.54, 1.807) is 0 Å². The van der Waals surface area contributed by atoms with Crippen molar-refractivity contribution < 1.29 is 23.8 Å². The highest BCUT2D eigenvalue weighted by molar-refractivity contribution is 6.80. The minimum absolute atomic E-state index is 0.163. The predicted octanol–water partition coefficient (Wildman–Crippen LogP) is 14.9. The van der Waals surface area contributed by atoms with Gasteiger partial charge >= 0.3 is 0 Å². The van der Waals surface area contributed by atoms with Crippen LogP contribution in [0.5, 0.6) is 0 Å². The third-order valence-electron chi connectivity index (χ3n) is 11.5. The zero-order valence-electron chi connectivity index (χ0n) is 47.4. The zero-order chi connectivity index (χ0) is 49.9. The van der Waals surface area contributed by atoms with Gasteiger partial charge in [-0.2, -0.15) is 0 Å². The van der Waals surface area contributed by atoms with Crippen LogP contribution < -0.4 is 0 Å². The molecular weight excluding hydrogens is 785 g/mol. The van der Waals surface area contributed by atoms with E-state index < -0.39 is 8.07 Å². The lowest BCUT2D eigenvalue weighted by Gasteiger charge is -2.42. The summed E-state index contributed by atoms with van der Waals surface area (Å²) in [6.07, 6.45) is 3.89. The summed E-state index contributed by atoms with van der Waals surface area (Å²) in [5, 5.41) is 0. The quantitative estimate of drug-likeness (QED) is 0.100. The smallest absolute Gasteiger partial charge is 0.149 e. The molecule has 0 aliphatic carbocycles. The van der Waals surface area contributed by atoms with Crippen LogP contribution in [0.3, 0.4) is 0 Å². The molecule has 0 amide bonds. The number of ether oxygens (including phenoxy) is 3. The number of carbonyl (C=O) groups is 2. The highest BCUT2D eigenvalue weighted by Gasteiger charge is 2.35. The van der Waals surface area contributed by atoms with Crippen molar-refractivity contribution >= 4 is 19.6 Å². The molecule has 0 radical (unpaired) electrons. The molecule has 0 N–H and O–H groups in total. The molecule has 8 heteroatoms.